The van der Waals surface area contributed by atoms with E-state index in [2.05, 4.69) is 13.8 Å². The van der Waals surface area contributed by atoms with E-state index in [0.717, 1.165) is 12.3 Å². The summed E-state index contributed by atoms with van der Waals surface area (Å²) in [5.74, 6) is 1.02. The maximum atomic E-state index is 8.72. The smallest absolute Gasteiger partial charge is 0.0431 e. The Morgan fingerprint density at radius 3 is 1.33 bits per heavy atom. The molecule has 0 aromatic rings. The Kier molecular flexibility index (Phi) is 18.0. The van der Waals surface area contributed by atoms with E-state index in [-0.39, 0.29) is 0 Å². The number of hydrogen-bond donors (Lipinski definition) is 1. The van der Waals surface area contributed by atoms with Gasteiger partial charge in [0.25, 0.3) is 0 Å². The molecule has 0 aromatic heterocycles. The number of hydrogen-bond acceptors (Lipinski definition) is 1. The van der Waals surface area contributed by atoms with Crippen LogP contribution in [0.5, 0.6) is 0 Å². The Balaban J connectivity index is 3.35. The Morgan fingerprint density at radius 2 is 0.905 bits per heavy atom. The van der Waals surface area contributed by atoms with Crippen LogP contribution in [0.25, 0.3) is 0 Å². The Bertz CT molecular complexity index is 171. The molecule has 0 heterocycles. The Morgan fingerprint density at radius 1 is 0.524 bits per heavy atom. The summed E-state index contributed by atoms with van der Waals surface area (Å²) in [7, 11) is 0. The van der Waals surface area contributed by atoms with Crippen molar-refractivity contribution < 1.29 is 5.11 Å². The van der Waals surface area contributed by atoms with E-state index in [1.54, 1.807) is 0 Å². The first kappa shape index (κ1) is 21.0. The fourth-order valence-electron chi connectivity index (χ4n) is 3.20. The molecule has 0 aliphatic rings. The average molecular weight is 299 g/mol. The molecule has 0 aromatic carbocycles. The molecule has 21 heavy (non-hydrogen) atoms. The molecule has 1 heteroatoms. The summed E-state index contributed by atoms with van der Waals surface area (Å²) < 4.78 is 0. The summed E-state index contributed by atoms with van der Waals surface area (Å²) in [5, 5.41) is 8.72. The zero-order valence-corrected chi connectivity index (χ0v) is 15.0. The highest BCUT2D eigenvalue weighted by atomic mass is 16.2. The Hall–Kier alpha value is -0.0400. The molecule has 0 amide bonds. The first-order valence-electron chi connectivity index (χ1n) is 9.96. The van der Waals surface area contributed by atoms with Gasteiger partial charge in [-0.2, -0.15) is 0 Å². The zero-order chi connectivity index (χ0) is 15.6. The van der Waals surface area contributed by atoms with Gasteiger partial charge in [-0.05, 0) is 12.3 Å². The molecular formula is C20H42O. The van der Waals surface area contributed by atoms with Gasteiger partial charge in [-0.1, -0.05) is 110 Å². The summed E-state index contributed by atoms with van der Waals surface area (Å²) in [6, 6.07) is 0. The first-order chi connectivity index (χ1) is 10.3. The SMILES string of the molecule is CCCCC(CCCC)CCCCCCCCCCCO. The van der Waals surface area contributed by atoms with Crippen molar-refractivity contribution in [1.29, 1.82) is 0 Å². The standard InChI is InChI=1S/C20H42O/c1-3-5-16-20(17-6-4-2)18-14-12-10-8-7-9-11-13-15-19-21/h20-21H,3-19H2,1-2H3. The molecule has 0 atom stereocenters. The van der Waals surface area contributed by atoms with Crippen LogP contribution in [0, 0.1) is 5.92 Å². The molecule has 0 aliphatic carbocycles. The van der Waals surface area contributed by atoms with Crippen molar-refractivity contribution in [3.05, 3.63) is 0 Å². The minimum Gasteiger partial charge on any atom is -0.396 e. The molecule has 128 valence electrons. The fourth-order valence-corrected chi connectivity index (χ4v) is 3.20. The summed E-state index contributed by atoms with van der Waals surface area (Å²) in [6.07, 6.45) is 22.1. The van der Waals surface area contributed by atoms with Gasteiger partial charge in [-0.25, -0.2) is 0 Å². The van der Waals surface area contributed by atoms with Crippen LogP contribution in [0.15, 0.2) is 0 Å². The van der Waals surface area contributed by atoms with Crippen LogP contribution in [-0.2, 0) is 0 Å². The van der Waals surface area contributed by atoms with E-state index in [9.17, 15) is 0 Å². The third kappa shape index (κ3) is 16.2. The van der Waals surface area contributed by atoms with E-state index in [1.165, 1.54) is 96.3 Å². The molecule has 1 N–H and O–H groups in total. The lowest BCUT2D eigenvalue weighted by molar-refractivity contribution is 0.282. The quantitative estimate of drug-likeness (QED) is 0.290. The van der Waals surface area contributed by atoms with Gasteiger partial charge in [-0.3, -0.25) is 0 Å². The highest BCUT2D eigenvalue weighted by Gasteiger charge is 2.07. The third-order valence-corrected chi connectivity index (χ3v) is 4.70. The number of rotatable bonds is 17. The lowest BCUT2D eigenvalue weighted by Crippen LogP contribution is -2.01. The molecule has 0 unspecified atom stereocenters. The minimum atomic E-state index is 0.372. The van der Waals surface area contributed by atoms with Gasteiger partial charge in [0.1, 0.15) is 0 Å². The molecule has 0 saturated heterocycles. The monoisotopic (exact) mass is 298 g/mol. The van der Waals surface area contributed by atoms with Gasteiger partial charge < -0.3 is 5.11 Å². The molecule has 0 rings (SSSR count). The highest BCUT2D eigenvalue weighted by Crippen LogP contribution is 2.23. The maximum absolute atomic E-state index is 8.72. The average Bonchev–Trinajstić information content (AvgIpc) is 2.51. The fraction of sp³-hybridized carbons (Fsp3) is 1.00. The maximum Gasteiger partial charge on any atom is 0.0431 e. The second kappa shape index (κ2) is 18.0. The number of aliphatic hydroxyl groups is 1. The van der Waals surface area contributed by atoms with Crippen molar-refractivity contribution in [2.24, 2.45) is 5.92 Å². The molecule has 0 fully saturated rings. The van der Waals surface area contributed by atoms with Gasteiger partial charge >= 0.3 is 0 Å². The van der Waals surface area contributed by atoms with Crippen LogP contribution in [0.3, 0.4) is 0 Å². The zero-order valence-electron chi connectivity index (χ0n) is 15.0. The second-order valence-electron chi connectivity index (χ2n) is 6.84. The Labute approximate surface area is 134 Å². The van der Waals surface area contributed by atoms with Gasteiger partial charge in [0.2, 0.25) is 0 Å². The second-order valence-corrected chi connectivity index (χ2v) is 6.84. The molecular weight excluding hydrogens is 256 g/mol. The molecule has 0 saturated carbocycles. The topological polar surface area (TPSA) is 20.2 Å². The predicted molar refractivity (Wildman–Crippen MR) is 95.8 cm³/mol. The highest BCUT2D eigenvalue weighted by molar-refractivity contribution is 4.60. The van der Waals surface area contributed by atoms with Gasteiger partial charge in [-0.15, -0.1) is 0 Å². The molecule has 0 bridgehead atoms. The normalized spacial score (nSPS) is 11.4. The summed E-state index contributed by atoms with van der Waals surface area (Å²) >= 11 is 0. The number of aliphatic hydroxyl groups excluding tert-OH is 1. The van der Waals surface area contributed by atoms with Gasteiger partial charge in [0.05, 0.1) is 0 Å². The molecule has 0 spiro atoms. The minimum absolute atomic E-state index is 0.372. The largest absolute Gasteiger partial charge is 0.396 e. The van der Waals surface area contributed by atoms with E-state index < -0.39 is 0 Å². The molecule has 0 aliphatic heterocycles. The third-order valence-electron chi connectivity index (χ3n) is 4.70. The van der Waals surface area contributed by atoms with Crippen LogP contribution < -0.4 is 0 Å². The van der Waals surface area contributed by atoms with Crippen molar-refractivity contribution in [2.45, 2.75) is 117 Å². The van der Waals surface area contributed by atoms with Crippen LogP contribution in [-0.4, -0.2) is 11.7 Å². The van der Waals surface area contributed by atoms with E-state index in [0.29, 0.717) is 6.61 Å². The van der Waals surface area contributed by atoms with E-state index in [4.69, 9.17) is 5.11 Å². The van der Waals surface area contributed by atoms with Crippen molar-refractivity contribution >= 4 is 0 Å². The van der Waals surface area contributed by atoms with E-state index >= 15 is 0 Å². The summed E-state index contributed by atoms with van der Waals surface area (Å²) in [5.41, 5.74) is 0. The lowest BCUT2D eigenvalue weighted by atomic mass is 9.90. The van der Waals surface area contributed by atoms with Crippen molar-refractivity contribution in [1.82, 2.24) is 0 Å². The summed E-state index contributed by atoms with van der Waals surface area (Å²) in [6.45, 7) is 5.01. The molecule has 0 radical (unpaired) electrons. The van der Waals surface area contributed by atoms with Crippen LogP contribution in [0.1, 0.15) is 117 Å². The van der Waals surface area contributed by atoms with Crippen molar-refractivity contribution in [3.63, 3.8) is 0 Å². The van der Waals surface area contributed by atoms with Crippen molar-refractivity contribution in [2.75, 3.05) is 6.61 Å². The van der Waals surface area contributed by atoms with Crippen LogP contribution >= 0.6 is 0 Å². The summed E-state index contributed by atoms with van der Waals surface area (Å²) in [4.78, 5) is 0. The lowest BCUT2D eigenvalue weighted by Gasteiger charge is -2.16. The van der Waals surface area contributed by atoms with Gasteiger partial charge in [0.15, 0.2) is 0 Å². The molecule has 1 nitrogen and oxygen atoms in total. The first-order valence-corrected chi connectivity index (χ1v) is 9.96. The van der Waals surface area contributed by atoms with E-state index in [1.807, 2.05) is 0 Å². The van der Waals surface area contributed by atoms with Crippen LogP contribution in [0.4, 0.5) is 0 Å². The predicted octanol–water partition coefficient (Wildman–Crippen LogP) is 6.88. The van der Waals surface area contributed by atoms with Gasteiger partial charge in [0, 0.05) is 6.61 Å². The number of unbranched alkanes of at least 4 members (excludes halogenated alkanes) is 10. The van der Waals surface area contributed by atoms with Crippen LogP contribution in [0.2, 0.25) is 0 Å². The van der Waals surface area contributed by atoms with Crippen molar-refractivity contribution in [3.8, 4) is 0 Å².